The van der Waals surface area contributed by atoms with E-state index in [4.69, 9.17) is 9.47 Å². The van der Waals surface area contributed by atoms with Crippen molar-refractivity contribution in [1.29, 1.82) is 0 Å². The predicted octanol–water partition coefficient (Wildman–Crippen LogP) is 3.78. The summed E-state index contributed by atoms with van der Waals surface area (Å²) in [5.74, 6) is -0.603. The summed E-state index contributed by atoms with van der Waals surface area (Å²) in [6.45, 7) is 4.25. The van der Waals surface area contributed by atoms with Gasteiger partial charge in [0.15, 0.2) is 0 Å². The van der Waals surface area contributed by atoms with Crippen LogP contribution in [0.25, 0.3) is 0 Å². The summed E-state index contributed by atoms with van der Waals surface area (Å²) in [6, 6.07) is 16.4. The number of benzene rings is 2. The molecule has 144 valence electrons. The first kappa shape index (κ1) is 17.5. The Kier molecular flexibility index (Phi) is 3.71. The third kappa shape index (κ3) is 1.81. The molecule has 28 heavy (non-hydrogen) atoms. The zero-order valence-electron chi connectivity index (χ0n) is 16.2. The van der Waals surface area contributed by atoms with Crippen molar-refractivity contribution < 1.29 is 19.1 Å². The molecule has 0 aliphatic heterocycles. The van der Waals surface area contributed by atoms with Crippen LogP contribution in [0.2, 0.25) is 0 Å². The summed E-state index contributed by atoms with van der Waals surface area (Å²) in [5.41, 5.74) is 2.88. The maximum absolute atomic E-state index is 13.5. The number of hydrogen-bond acceptors (Lipinski definition) is 4. The standard InChI is InChI=1S/C24H24O4/c1-3-27-21(25)23-13-15-9-5-7-11-17(15)19(23)20-18-12-8-6-10-16(18)14-24(20,23)22(26)28-4-2/h5-12,19-20H,3-4,13-14H2,1-2H3/t19?,20?,23-,24-/m1/s1. The van der Waals surface area contributed by atoms with Crippen LogP contribution in [0.1, 0.15) is 47.9 Å². The van der Waals surface area contributed by atoms with Crippen LogP contribution in [-0.4, -0.2) is 25.2 Å². The molecule has 2 aromatic carbocycles. The average molecular weight is 376 g/mol. The molecule has 0 heterocycles. The molecule has 1 fully saturated rings. The van der Waals surface area contributed by atoms with Crippen LogP contribution >= 0.6 is 0 Å². The van der Waals surface area contributed by atoms with Gasteiger partial charge in [0.1, 0.15) is 0 Å². The molecule has 4 heteroatoms. The minimum Gasteiger partial charge on any atom is -0.466 e. The van der Waals surface area contributed by atoms with Crippen LogP contribution in [0.15, 0.2) is 48.5 Å². The molecule has 0 amide bonds. The Labute approximate surface area is 164 Å². The molecule has 4 atom stereocenters. The Balaban J connectivity index is 1.76. The molecule has 3 aliphatic rings. The van der Waals surface area contributed by atoms with Crippen molar-refractivity contribution in [3.63, 3.8) is 0 Å². The van der Waals surface area contributed by atoms with Gasteiger partial charge in [-0.3, -0.25) is 9.59 Å². The largest absolute Gasteiger partial charge is 0.466 e. The van der Waals surface area contributed by atoms with E-state index in [2.05, 4.69) is 24.3 Å². The summed E-state index contributed by atoms with van der Waals surface area (Å²) in [6.07, 6.45) is 1.08. The zero-order valence-corrected chi connectivity index (χ0v) is 16.2. The van der Waals surface area contributed by atoms with Crippen molar-refractivity contribution in [3.05, 3.63) is 70.8 Å². The summed E-state index contributed by atoms with van der Waals surface area (Å²) >= 11 is 0. The number of hydrogen-bond donors (Lipinski definition) is 0. The van der Waals surface area contributed by atoms with Crippen molar-refractivity contribution in [1.82, 2.24) is 0 Å². The Morgan fingerprint density at radius 1 is 0.786 bits per heavy atom. The normalized spacial score (nSPS) is 31.1. The first-order chi connectivity index (χ1) is 13.6. The first-order valence-electron chi connectivity index (χ1n) is 10.1. The molecule has 0 aromatic heterocycles. The minimum atomic E-state index is -0.886. The van der Waals surface area contributed by atoms with Gasteiger partial charge in [0.2, 0.25) is 0 Å². The maximum Gasteiger partial charge on any atom is 0.314 e. The lowest BCUT2D eigenvalue weighted by Gasteiger charge is -2.61. The second-order valence-corrected chi connectivity index (χ2v) is 8.09. The smallest absolute Gasteiger partial charge is 0.314 e. The van der Waals surface area contributed by atoms with E-state index in [1.807, 2.05) is 38.1 Å². The molecule has 0 radical (unpaired) electrons. The van der Waals surface area contributed by atoms with E-state index in [0.717, 1.165) is 11.1 Å². The van der Waals surface area contributed by atoms with Gasteiger partial charge in [-0.2, -0.15) is 0 Å². The molecule has 0 bridgehead atoms. The lowest BCUT2D eigenvalue weighted by molar-refractivity contribution is -0.207. The fraction of sp³-hybridized carbons (Fsp3) is 0.417. The highest BCUT2D eigenvalue weighted by atomic mass is 16.5. The zero-order chi connectivity index (χ0) is 19.5. The second-order valence-electron chi connectivity index (χ2n) is 8.09. The average Bonchev–Trinajstić information content (AvgIpc) is 3.16. The van der Waals surface area contributed by atoms with E-state index in [1.54, 1.807) is 0 Å². The number of ether oxygens (including phenoxy) is 2. The molecule has 2 aromatic rings. The van der Waals surface area contributed by atoms with E-state index < -0.39 is 10.8 Å². The van der Waals surface area contributed by atoms with Gasteiger partial charge in [0.05, 0.1) is 24.0 Å². The molecule has 3 aliphatic carbocycles. The summed E-state index contributed by atoms with van der Waals surface area (Å²) in [4.78, 5) is 26.9. The highest BCUT2D eigenvalue weighted by Gasteiger charge is 2.83. The van der Waals surface area contributed by atoms with E-state index in [0.29, 0.717) is 26.1 Å². The van der Waals surface area contributed by atoms with Gasteiger partial charge in [-0.15, -0.1) is 0 Å². The van der Waals surface area contributed by atoms with E-state index >= 15 is 0 Å². The summed E-state index contributed by atoms with van der Waals surface area (Å²) in [5, 5.41) is 0. The first-order valence-corrected chi connectivity index (χ1v) is 10.1. The van der Waals surface area contributed by atoms with Crippen LogP contribution in [-0.2, 0) is 31.9 Å². The van der Waals surface area contributed by atoms with Gasteiger partial charge in [-0.05, 0) is 48.9 Å². The topological polar surface area (TPSA) is 52.6 Å². The quantitative estimate of drug-likeness (QED) is 0.762. The third-order valence-electron chi connectivity index (χ3n) is 7.19. The van der Waals surface area contributed by atoms with Gasteiger partial charge in [-0.25, -0.2) is 0 Å². The molecular weight excluding hydrogens is 352 g/mol. The van der Waals surface area contributed by atoms with Crippen molar-refractivity contribution in [2.24, 2.45) is 10.8 Å². The molecule has 2 unspecified atom stereocenters. The highest BCUT2D eigenvalue weighted by molar-refractivity contribution is 5.97. The lowest BCUT2D eigenvalue weighted by atomic mass is 9.38. The summed E-state index contributed by atoms with van der Waals surface area (Å²) < 4.78 is 11.2. The van der Waals surface area contributed by atoms with Gasteiger partial charge in [0.25, 0.3) is 0 Å². The van der Waals surface area contributed by atoms with E-state index in [-0.39, 0.29) is 23.8 Å². The Bertz CT molecular complexity index is 901. The number of fused-ring (bicyclic) bond motifs is 8. The lowest BCUT2D eigenvalue weighted by Crippen LogP contribution is -2.68. The van der Waals surface area contributed by atoms with Gasteiger partial charge < -0.3 is 9.47 Å². The minimum absolute atomic E-state index is 0.0455. The number of esters is 2. The van der Waals surface area contributed by atoms with Gasteiger partial charge >= 0.3 is 11.9 Å². The number of carbonyl (C=O) groups is 2. The molecule has 5 rings (SSSR count). The Morgan fingerprint density at radius 2 is 1.18 bits per heavy atom. The van der Waals surface area contributed by atoms with Gasteiger partial charge in [0, 0.05) is 11.8 Å². The van der Waals surface area contributed by atoms with Crippen molar-refractivity contribution >= 4 is 11.9 Å². The molecule has 0 N–H and O–H groups in total. The molecule has 0 saturated heterocycles. The van der Waals surface area contributed by atoms with Crippen LogP contribution in [0.5, 0.6) is 0 Å². The second kappa shape index (κ2) is 5.94. The number of rotatable bonds is 4. The molecule has 0 spiro atoms. The van der Waals surface area contributed by atoms with Crippen LogP contribution in [0, 0.1) is 10.8 Å². The predicted molar refractivity (Wildman–Crippen MR) is 104 cm³/mol. The Hall–Kier alpha value is -2.62. The fourth-order valence-electron chi connectivity index (χ4n) is 6.33. The monoisotopic (exact) mass is 376 g/mol. The summed E-state index contributed by atoms with van der Waals surface area (Å²) in [7, 11) is 0. The molecular formula is C24H24O4. The van der Waals surface area contributed by atoms with Crippen molar-refractivity contribution in [2.45, 2.75) is 38.5 Å². The molecule has 4 nitrogen and oxygen atoms in total. The highest BCUT2D eigenvalue weighted by Crippen LogP contribution is 2.80. The number of carbonyl (C=O) groups excluding carboxylic acids is 2. The Morgan fingerprint density at radius 3 is 1.57 bits per heavy atom. The SMILES string of the molecule is CCOC(=O)[C@@]12Cc3ccccc3C1C1c3ccccc3C[C@]12C(=O)OCC. The molecule has 1 saturated carbocycles. The maximum atomic E-state index is 13.5. The van der Waals surface area contributed by atoms with Crippen LogP contribution < -0.4 is 0 Å². The third-order valence-corrected chi connectivity index (χ3v) is 7.19. The van der Waals surface area contributed by atoms with E-state index in [1.165, 1.54) is 11.1 Å². The van der Waals surface area contributed by atoms with Crippen LogP contribution in [0.4, 0.5) is 0 Å². The van der Waals surface area contributed by atoms with Crippen molar-refractivity contribution in [3.8, 4) is 0 Å². The fourth-order valence-corrected chi connectivity index (χ4v) is 6.33. The van der Waals surface area contributed by atoms with E-state index in [9.17, 15) is 9.59 Å². The van der Waals surface area contributed by atoms with Crippen molar-refractivity contribution in [2.75, 3.05) is 13.2 Å². The van der Waals surface area contributed by atoms with Crippen LogP contribution in [0.3, 0.4) is 0 Å². The van der Waals surface area contributed by atoms with Gasteiger partial charge in [-0.1, -0.05) is 48.5 Å².